The lowest BCUT2D eigenvalue weighted by Crippen LogP contribution is -2.33. The second-order valence-electron chi connectivity index (χ2n) is 9.58. The summed E-state index contributed by atoms with van der Waals surface area (Å²) < 4.78 is 18.7. The third-order valence-electron chi connectivity index (χ3n) is 6.81. The van der Waals surface area contributed by atoms with Crippen LogP contribution in [0.5, 0.6) is 17.2 Å². The number of methoxy groups -OCH3 is 2. The van der Waals surface area contributed by atoms with E-state index in [1.807, 2.05) is 54.2 Å². The van der Waals surface area contributed by atoms with Crippen molar-refractivity contribution in [3.05, 3.63) is 94.8 Å². The van der Waals surface area contributed by atoms with Crippen LogP contribution in [0, 0.1) is 6.92 Å². The molecule has 0 saturated heterocycles. The number of carbonyl (C=O) groups is 1. The predicted octanol–water partition coefficient (Wildman–Crippen LogP) is 4.49. The molecule has 9 nitrogen and oxygen atoms in total. The van der Waals surface area contributed by atoms with Crippen LogP contribution in [0.4, 0.5) is 5.69 Å². The maximum Gasteiger partial charge on any atom is 0.259 e. The van der Waals surface area contributed by atoms with Gasteiger partial charge in [-0.15, -0.1) is 5.10 Å². The first kappa shape index (κ1) is 26.2. The average molecular weight is 528 g/mol. The fourth-order valence-electron chi connectivity index (χ4n) is 4.74. The maximum atomic E-state index is 12.9. The Morgan fingerprint density at radius 2 is 1.74 bits per heavy atom. The van der Waals surface area contributed by atoms with Gasteiger partial charge in [0.1, 0.15) is 18.1 Å². The Hall–Kier alpha value is -4.37. The third-order valence-corrected chi connectivity index (χ3v) is 6.81. The van der Waals surface area contributed by atoms with E-state index in [1.54, 1.807) is 26.4 Å². The minimum Gasteiger partial charge on any atom is -0.493 e. The lowest BCUT2D eigenvalue weighted by molar-refractivity contribution is 0.102. The quantitative estimate of drug-likeness (QED) is 0.325. The molecule has 39 heavy (non-hydrogen) atoms. The zero-order chi connectivity index (χ0) is 27.2. The third kappa shape index (κ3) is 6.38. The highest BCUT2D eigenvalue weighted by Gasteiger charge is 2.20. The largest absolute Gasteiger partial charge is 0.493 e. The average Bonchev–Trinajstić information content (AvgIpc) is 3.42. The van der Waals surface area contributed by atoms with E-state index >= 15 is 0 Å². The molecule has 0 bridgehead atoms. The van der Waals surface area contributed by atoms with Crippen LogP contribution in [-0.4, -0.2) is 53.1 Å². The number of rotatable bonds is 10. The summed E-state index contributed by atoms with van der Waals surface area (Å²) >= 11 is 0. The van der Waals surface area contributed by atoms with Gasteiger partial charge in [-0.05, 0) is 66.4 Å². The second-order valence-corrected chi connectivity index (χ2v) is 9.58. The molecule has 1 N–H and O–H groups in total. The van der Waals surface area contributed by atoms with Gasteiger partial charge in [0, 0.05) is 25.3 Å². The lowest BCUT2D eigenvalue weighted by Gasteiger charge is -2.29. The van der Waals surface area contributed by atoms with Gasteiger partial charge in [-0.25, -0.2) is 0 Å². The van der Waals surface area contributed by atoms with Crippen LogP contribution in [0.1, 0.15) is 32.7 Å². The molecule has 0 radical (unpaired) electrons. The molecular weight excluding hydrogens is 494 g/mol. The molecule has 3 aromatic carbocycles. The summed E-state index contributed by atoms with van der Waals surface area (Å²) in [4.78, 5) is 15.3. The number of para-hydroxylation sites is 1. The monoisotopic (exact) mass is 527 g/mol. The minimum atomic E-state index is -0.223. The normalized spacial score (nSPS) is 13.0. The van der Waals surface area contributed by atoms with Crippen LogP contribution >= 0.6 is 0 Å². The summed E-state index contributed by atoms with van der Waals surface area (Å²) in [7, 11) is 3.33. The number of amides is 1. The molecule has 0 aliphatic carbocycles. The molecule has 2 heterocycles. The Labute approximate surface area is 228 Å². The van der Waals surface area contributed by atoms with Crippen LogP contribution in [-0.2, 0) is 26.1 Å². The van der Waals surface area contributed by atoms with Crippen molar-refractivity contribution in [2.24, 2.45) is 0 Å². The number of aryl methyl sites for hydroxylation is 1. The van der Waals surface area contributed by atoms with Gasteiger partial charge in [-0.1, -0.05) is 29.5 Å². The van der Waals surface area contributed by atoms with Gasteiger partial charge in [-0.3, -0.25) is 14.4 Å². The predicted molar refractivity (Wildman–Crippen MR) is 148 cm³/mol. The number of fused-ring (bicyclic) bond motifs is 1. The zero-order valence-electron chi connectivity index (χ0n) is 22.5. The Balaban J connectivity index is 1.15. The van der Waals surface area contributed by atoms with E-state index in [-0.39, 0.29) is 12.5 Å². The number of carbonyl (C=O) groups excluding carboxylic acids is 1. The Kier molecular flexibility index (Phi) is 8.07. The van der Waals surface area contributed by atoms with Crippen molar-refractivity contribution in [3.8, 4) is 17.2 Å². The molecule has 1 aromatic heterocycles. The molecule has 0 atom stereocenters. The van der Waals surface area contributed by atoms with Crippen LogP contribution in [0.25, 0.3) is 0 Å². The van der Waals surface area contributed by atoms with E-state index < -0.39 is 0 Å². The first-order valence-corrected chi connectivity index (χ1v) is 13.0. The van der Waals surface area contributed by atoms with Crippen molar-refractivity contribution in [2.45, 2.75) is 33.0 Å². The molecule has 9 heteroatoms. The molecular formula is C30H33N5O4. The van der Waals surface area contributed by atoms with Gasteiger partial charge < -0.3 is 19.5 Å². The summed E-state index contributed by atoms with van der Waals surface area (Å²) in [5, 5.41) is 11.5. The van der Waals surface area contributed by atoms with E-state index in [4.69, 9.17) is 14.2 Å². The molecule has 1 aliphatic heterocycles. The summed E-state index contributed by atoms with van der Waals surface area (Å²) in [5.74, 6) is 1.81. The second kappa shape index (κ2) is 12.0. The molecule has 0 saturated carbocycles. The summed E-state index contributed by atoms with van der Waals surface area (Å²) in [6.07, 6.45) is 2.85. The number of aromatic nitrogens is 3. The number of nitrogens with one attached hydrogen (secondary N) is 1. The summed E-state index contributed by atoms with van der Waals surface area (Å²) in [6, 6.07) is 19.0. The first-order chi connectivity index (χ1) is 19.0. The fourth-order valence-corrected chi connectivity index (χ4v) is 4.74. The highest BCUT2D eigenvalue weighted by Crippen LogP contribution is 2.33. The molecule has 4 aromatic rings. The van der Waals surface area contributed by atoms with E-state index in [0.717, 1.165) is 48.8 Å². The number of benzene rings is 3. The van der Waals surface area contributed by atoms with Crippen molar-refractivity contribution in [1.29, 1.82) is 0 Å². The van der Waals surface area contributed by atoms with Crippen LogP contribution in [0.3, 0.4) is 0 Å². The Morgan fingerprint density at radius 1 is 0.949 bits per heavy atom. The molecule has 0 fully saturated rings. The number of nitrogens with zero attached hydrogens (tertiary/aromatic N) is 4. The van der Waals surface area contributed by atoms with Crippen molar-refractivity contribution in [1.82, 2.24) is 19.9 Å². The van der Waals surface area contributed by atoms with Gasteiger partial charge in [0.25, 0.3) is 5.91 Å². The molecule has 1 aliphatic rings. The standard InChI is InChI=1S/C30H33N5O4/c1-21-7-6-8-24(15-21)31-30(36)26-9-4-5-10-27(26)39-20-25-19-35(33-32-25)14-13-34-12-11-22-16-28(37-2)29(38-3)17-23(22)18-34/h4-10,15-17,19H,11-14,18,20H2,1-3H3,(H,31,36). The van der Waals surface area contributed by atoms with E-state index in [0.29, 0.717) is 23.6 Å². The maximum absolute atomic E-state index is 12.9. The number of ether oxygens (including phenoxy) is 3. The smallest absolute Gasteiger partial charge is 0.259 e. The van der Waals surface area contributed by atoms with Crippen molar-refractivity contribution in [2.75, 3.05) is 32.6 Å². The van der Waals surface area contributed by atoms with Gasteiger partial charge in [0.05, 0.1) is 32.5 Å². The van der Waals surface area contributed by atoms with Gasteiger partial charge in [0.15, 0.2) is 11.5 Å². The van der Waals surface area contributed by atoms with E-state index in [9.17, 15) is 4.79 Å². The van der Waals surface area contributed by atoms with Crippen LogP contribution in [0.2, 0.25) is 0 Å². The molecule has 0 spiro atoms. The molecule has 202 valence electrons. The molecule has 5 rings (SSSR count). The topological polar surface area (TPSA) is 90.7 Å². The van der Waals surface area contributed by atoms with E-state index in [2.05, 4.69) is 32.7 Å². The minimum absolute atomic E-state index is 0.216. The lowest BCUT2D eigenvalue weighted by atomic mass is 9.99. The first-order valence-electron chi connectivity index (χ1n) is 13.0. The van der Waals surface area contributed by atoms with Gasteiger partial charge in [-0.2, -0.15) is 0 Å². The number of hydrogen-bond donors (Lipinski definition) is 1. The van der Waals surface area contributed by atoms with Crippen molar-refractivity contribution >= 4 is 11.6 Å². The number of hydrogen-bond acceptors (Lipinski definition) is 7. The Bertz CT molecular complexity index is 1450. The molecule has 0 unspecified atom stereocenters. The highest BCUT2D eigenvalue weighted by atomic mass is 16.5. The van der Waals surface area contributed by atoms with E-state index in [1.165, 1.54) is 11.1 Å². The van der Waals surface area contributed by atoms with Gasteiger partial charge >= 0.3 is 0 Å². The Morgan fingerprint density at radius 3 is 2.54 bits per heavy atom. The number of anilines is 1. The highest BCUT2D eigenvalue weighted by molar-refractivity contribution is 6.06. The zero-order valence-corrected chi connectivity index (χ0v) is 22.5. The molecule has 1 amide bonds. The van der Waals surface area contributed by atoms with Crippen molar-refractivity contribution < 1.29 is 19.0 Å². The van der Waals surface area contributed by atoms with Crippen molar-refractivity contribution in [3.63, 3.8) is 0 Å². The fraction of sp³-hybridized carbons (Fsp3) is 0.300. The SMILES string of the molecule is COc1cc2c(cc1OC)CN(CCn1cc(COc3ccccc3C(=O)Nc3cccc(C)c3)nn1)CC2. The van der Waals surface area contributed by atoms with Gasteiger partial charge in [0.2, 0.25) is 0 Å². The van der Waals surface area contributed by atoms with Crippen LogP contribution in [0.15, 0.2) is 66.9 Å². The van der Waals surface area contributed by atoms with Crippen LogP contribution < -0.4 is 19.5 Å². The summed E-state index contributed by atoms with van der Waals surface area (Å²) in [5.41, 5.74) is 5.55. The summed E-state index contributed by atoms with van der Waals surface area (Å²) in [6.45, 7) is 5.58.